The van der Waals surface area contributed by atoms with Crippen molar-refractivity contribution in [2.24, 2.45) is 0 Å². The highest BCUT2D eigenvalue weighted by molar-refractivity contribution is 6.08. The molecule has 2 N–H and O–H groups in total. The summed E-state index contributed by atoms with van der Waals surface area (Å²) in [7, 11) is 0. The Hall–Kier alpha value is -1.96. The van der Waals surface area contributed by atoms with Crippen LogP contribution in [0.15, 0.2) is 42.5 Å². The number of unbranched alkanes of at least 4 members (excludes halogenated alkanes) is 9. The second kappa shape index (κ2) is 9.66. The smallest absolute Gasteiger partial charge is 0.0492 e. The molecule has 2 nitrogen and oxygen atoms in total. The summed E-state index contributed by atoms with van der Waals surface area (Å²) < 4.78 is 2.48. The fraction of sp³-hybridized carbons (Fsp3) is 0.500. The van der Waals surface area contributed by atoms with Gasteiger partial charge in [0.25, 0.3) is 0 Å². The van der Waals surface area contributed by atoms with Gasteiger partial charge in [-0.05, 0) is 30.7 Å². The van der Waals surface area contributed by atoms with Crippen molar-refractivity contribution >= 4 is 27.5 Å². The zero-order valence-corrected chi connectivity index (χ0v) is 16.3. The fourth-order valence-corrected chi connectivity index (χ4v) is 4.07. The normalized spacial score (nSPS) is 11.6. The van der Waals surface area contributed by atoms with E-state index in [4.69, 9.17) is 5.73 Å². The molecule has 1 heterocycles. The van der Waals surface area contributed by atoms with Gasteiger partial charge in [-0.3, -0.25) is 0 Å². The van der Waals surface area contributed by atoms with Crippen molar-refractivity contribution in [3.63, 3.8) is 0 Å². The van der Waals surface area contributed by atoms with Gasteiger partial charge in [0, 0.05) is 34.0 Å². The van der Waals surface area contributed by atoms with Crippen LogP contribution < -0.4 is 5.73 Å². The standard InChI is InChI=1S/C24H34N2/c1-2-3-4-5-6-7-8-9-10-13-18-26-23-15-12-11-14-21(23)22-19-20(25)16-17-24(22)26/h11-12,14-17,19H,2-10,13,18,25H2,1H3. The third-order valence-electron chi connectivity index (χ3n) is 5.53. The Morgan fingerprint density at radius 3 is 2.04 bits per heavy atom. The lowest BCUT2D eigenvalue weighted by Gasteiger charge is -2.08. The van der Waals surface area contributed by atoms with Gasteiger partial charge in [-0.15, -0.1) is 0 Å². The van der Waals surface area contributed by atoms with Crippen LogP contribution in [0.2, 0.25) is 0 Å². The lowest BCUT2D eigenvalue weighted by molar-refractivity contribution is 0.541. The van der Waals surface area contributed by atoms with Gasteiger partial charge in [0.05, 0.1) is 0 Å². The summed E-state index contributed by atoms with van der Waals surface area (Å²) in [5.74, 6) is 0. The highest BCUT2D eigenvalue weighted by Gasteiger charge is 2.09. The second-order valence-electron chi connectivity index (χ2n) is 7.63. The van der Waals surface area contributed by atoms with Crippen molar-refractivity contribution in [2.75, 3.05) is 5.73 Å². The first-order chi connectivity index (χ1) is 12.8. The maximum atomic E-state index is 6.02. The van der Waals surface area contributed by atoms with Crippen LogP contribution in [0, 0.1) is 0 Å². The van der Waals surface area contributed by atoms with E-state index >= 15 is 0 Å². The summed E-state index contributed by atoms with van der Waals surface area (Å²) in [6, 6.07) is 15.0. The molecule has 2 aromatic carbocycles. The molecule has 0 atom stereocenters. The topological polar surface area (TPSA) is 30.9 Å². The van der Waals surface area contributed by atoms with Gasteiger partial charge in [-0.2, -0.15) is 0 Å². The van der Waals surface area contributed by atoms with Crippen LogP contribution in [0.1, 0.15) is 71.1 Å². The number of aromatic nitrogens is 1. The number of nitrogens with zero attached hydrogens (tertiary/aromatic N) is 1. The van der Waals surface area contributed by atoms with Crippen molar-refractivity contribution in [2.45, 2.75) is 77.7 Å². The summed E-state index contributed by atoms with van der Waals surface area (Å²) in [4.78, 5) is 0. The Morgan fingerprint density at radius 1 is 0.692 bits per heavy atom. The number of hydrogen-bond donors (Lipinski definition) is 1. The van der Waals surface area contributed by atoms with Gasteiger partial charge >= 0.3 is 0 Å². The average Bonchev–Trinajstić information content (AvgIpc) is 2.96. The van der Waals surface area contributed by atoms with Crippen molar-refractivity contribution < 1.29 is 0 Å². The van der Waals surface area contributed by atoms with E-state index < -0.39 is 0 Å². The highest BCUT2D eigenvalue weighted by Crippen LogP contribution is 2.30. The molecule has 3 rings (SSSR count). The van der Waals surface area contributed by atoms with Crippen LogP contribution in [-0.4, -0.2) is 4.57 Å². The number of nitrogen functional groups attached to an aromatic ring is 1. The zero-order valence-electron chi connectivity index (χ0n) is 16.3. The summed E-state index contributed by atoms with van der Waals surface area (Å²) in [6.07, 6.45) is 13.8. The first-order valence-corrected chi connectivity index (χ1v) is 10.6. The monoisotopic (exact) mass is 350 g/mol. The maximum absolute atomic E-state index is 6.02. The molecule has 0 radical (unpaired) electrons. The van der Waals surface area contributed by atoms with Gasteiger partial charge < -0.3 is 10.3 Å². The van der Waals surface area contributed by atoms with Gasteiger partial charge in [-0.25, -0.2) is 0 Å². The number of anilines is 1. The Morgan fingerprint density at radius 2 is 1.31 bits per heavy atom. The largest absolute Gasteiger partial charge is 0.399 e. The zero-order chi connectivity index (χ0) is 18.2. The molecule has 0 aliphatic rings. The first kappa shape index (κ1) is 18.8. The van der Waals surface area contributed by atoms with Crippen LogP contribution in [-0.2, 0) is 6.54 Å². The number of nitrogens with two attached hydrogens (primary N) is 1. The lowest BCUT2D eigenvalue weighted by Crippen LogP contribution is -1.98. The molecule has 3 aromatic rings. The minimum absolute atomic E-state index is 0.847. The molecular formula is C24H34N2. The second-order valence-corrected chi connectivity index (χ2v) is 7.63. The molecule has 1 aromatic heterocycles. The molecule has 26 heavy (non-hydrogen) atoms. The Balaban J connectivity index is 1.51. The third-order valence-corrected chi connectivity index (χ3v) is 5.53. The third kappa shape index (κ3) is 4.60. The summed E-state index contributed by atoms with van der Waals surface area (Å²) in [5.41, 5.74) is 9.52. The van der Waals surface area contributed by atoms with Gasteiger partial charge in [0.15, 0.2) is 0 Å². The molecule has 0 amide bonds. The van der Waals surface area contributed by atoms with Crippen molar-refractivity contribution in [1.82, 2.24) is 4.57 Å². The molecule has 2 heteroatoms. The van der Waals surface area contributed by atoms with Crippen LogP contribution in [0.25, 0.3) is 21.8 Å². The van der Waals surface area contributed by atoms with Gasteiger partial charge in [0.1, 0.15) is 0 Å². The maximum Gasteiger partial charge on any atom is 0.0492 e. The van der Waals surface area contributed by atoms with Crippen molar-refractivity contribution in [1.29, 1.82) is 0 Å². The first-order valence-electron chi connectivity index (χ1n) is 10.6. The summed E-state index contributed by atoms with van der Waals surface area (Å²) in [6.45, 7) is 3.39. The molecule has 0 bridgehead atoms. The molecule has 0 saturated carbocycles. The predicted octanol–water partition coefficient (Wildman–Crippen LogP) is 7.30. The molecule has 0 aliphatic carbocycles. The molecule has 0 fully saturated rings. The molecule has 0 spiro atoms. The minimum Gasteiger partial charge on any atom is -0.399 e. The van der Waals surface area contributed by atoms with E-state index in [9.17, 15) is 0 Å². The van der Waals surface area contributed by atoms with Crippen LogP contribution >= 0.6 is 0 Å². The number of aryl methyl sites for hydroxylation is 1. The summed E-state index contributed by atoms with van der Waals surface area (Å²) >= 11 is 0. The predicted molar refractivity (Wildman–Crippen MR) is 116 cm³/mol. The number of para-hydroxylation sites is 1. The van der Waals surface area contributed by atoms with Crippen LogP contribution in [0.3, 0.4) is 0 Å². The molecular weight excluding hydrogens is 316 g/mol. The lowest BCUT2D eigenvalue weighted by atomic mass is 10.1. The molecule has 140 valence electrons. The Bertz CT molecular complexity index is 816. The van der Waals surface area contributed by atoms with E-state index in [2.05, 4.69) is 47.9 Å². The Kier molecular flexibility index (Phi) is 6.99. The van der Waals surface area contributed by atoms with Crippen molar-refractivity contribution in [3.8, 4) is 0 Å². The van der Waals surface area contributed by atoms with E-state index in [0.29, 0.717) is 0 Å². The quantitative estimate of drug-likeness (QED) is 0.285. The minimum atomic E-state index is 0.847. The van der Waals surface area contributed by atoms with E-state index in [1.807, 2.05) is 6.07 Å². The number of benzene rings is 2. The highest BCUT2D eigenvalue weighted by atomic mass is 15.0. The average molecular weight is 351 g/mol. The molecule has 0 aliphatic heterocycles. The van der Waals surface area contributed by atoms with E-state index in [1.165, 1.54) is 86.0 Å². The molecule has 0 unspecified atom stereocenters. The fourth-order valence-electron chi connectivity index (χ4n) is 4.07. The number of rotatable bonds is 11. The van der Waals surface area contributed by atoms with Crippen LogP contribution in [0.4, 0.5) is 5.69 Å². The van der Waals surface area contributed by atoms with Crippen LogP contribution in [0.5, 0.6) is 0 Å². The van der Waals surface area contributed by atoms with Crippen molar-refractivity contribution in [3.05, 3.63) is 42.5 Å². The molecule has 0 saturated heterocycles. The van der Waals surface area contributed by atoms with Gasteiger partial charge in [-0.1, -0.05) is 82.9 Å². The summed E-state index contributed by atoms with van der Waals surface area (Å²) in [5, 5.41) is 2.61. The van der Waals surface area contributed by atoms with E-state index in [-0.39, 0.29) is 0 Å². The van der Waals surface area contributed by atoms with E-state index in [0.717, 1.165) is 12.2 Å². The number of fused-ring (bicyclic) bond motifs is 3. The van der Waals surface area contributed by atoms with E-state index in [1.54, 1.807) is 0 Å². The Labute approximate surface area is 158 Å². The SMILES string of the molecule is CCCCCCCCCCCCn1c2ccccc2c2cc(N)ccc21. The number of hydrogen-bond acceptors (Lipinski definition) is 1. The van der Waals surface area contributed by atoms with Gasteiger partial charge in [0.2, 0.25) is 0 Å².